The first-order valence-electron chi connectivity index (χ1n) is 8.97. The first kappa shape index (κ1) is 21.0. The molecule has 2 heterocycles. The molecule has 1 aromatic heterocycles. The lowest BCUT2D eigenvalue weighted by Crippen LogP contribution is -2.42. The Hall–Kier alpha value is -2.68. The molecule has 1 atom stereocenters. The minimum Gasteiger partial charge on any atom is -0.469 e. The van der Waals surface area contributed by atoms with E-state index in [4.69, 9.17) is 9.47 Å². The number of ether oxygens (including phenoxy) is 3. The average Bonchev–Trinajstić information content (AvgIpc) is 2.66. The molecule has 0 unspecified atom stereocenters. The Morgan fingerprint density at radius 1 is 1.28 bits per heavy atom. The van der Waals surface area contributed by atoms with E-state index in [2.05, 4.69) is 9.72 Å². The van der Waals surface area contributed by atoms with Gasteiger partial charge in [-0.3, -0.25) is 0 Å². The van der Waals surface area contributed by atoms with Crippen LogP contribution in [-0.4, -0.2) is 36.4 Å². The Balaban J connectivity index is 2.08. The highest BCUT2D eigenvalue weighted by Gasteiger charge is 2.36. The van der Waals surface area contributed by atoms with Crippen molar-refractivity contribution in [2.45, 2.75) is 38.9 Å². The van der Waals surface area contributed by atoms with E-state index in [1.807, 2.05) is 0 Å². The van der Waals surface area contributed by atoms with Crippen molar-refractivity contribution in [2.75, 3.05) is 13.2 Å². The van der Waals surface area contributed by atoms with Crippen molar-refractivity contribution in [3.63, 3.8) is 0 Å². The zero-order valence-electron chi connectivity index (χ0n) is 15.8. The van der Waals surface area contributed by atoms with Gasteiger partial charge in [0.2, 0.25) is 5.88 Å². The summed E-state index contributed by atoms with van der Waals surface area (Å²) in [5, 5.41) is 0. The van der Waals surface area contributed by atoms with Crippen molar-refractivity contribution in [3.05, 3.63) is 47.2 Å². The summed E-state index contributed by atoms with van der Waals surface area (Å²) in [5.41, 5.74) is -0.400. The summed E-state index contributed by atoms with van der Waals surface area (Å²) in [7, 11) is 0. The summed E-state index contributed by atoms with van der Waals surface area (Å²) >= 11 is 0. The van der Waals surface area contributed by atoms with Crippen molar-refractivity contribution < 1.29 is 36.6 Å². The second-order valence-electron chi connectivity index (χ2n) is 6.81. The van der Waals surface area contributed by atoms with E-state index in [1.165, 1.54) is 12.1 Å². The van der Waals surface area contributed by atoms with E-state index in [1.54, 1.807) is 13.8 Å². The number of carbonyl (C=O) groups excluding carboxylic acids is 1. The summed E-state index contributed by atoms with van der Waals surface area (Å²) < 4.78 is 67.8. The van der Waals surface area contributed by atoms with Crippen LogP contribution in [0.25, 0.3) is 11.1 Å². The summed E-state index contributed by atoms with van der Waals surface area (Å²) in [5.74, 6) is -2.31. The zero-order valence-corrected chi connectivity index (χ0v) is 15.8. The summed E-state index contributed by atoms with van der Waals surface area (Å²) in [6.45, 7) is -0.0604. The van der Waals surface area contributed by atoms with Gasteiger partial charge in [0.05, 0.1) is 13.2 Å². The van der Waals surface area contributed by atoms with Crippen LogP contribution in [0.4, 0.5) is 17.6 Å². The normalized spacial score (nSPS) is 18.3. The lowest BCUT2D eigenvalue weighted by atomic mass is 9.89. The largest absolute Gasteiger partial charge is 0.469 e. The molecule has 156 valence electrons. The number of benzene rings is 1. The van der Waals surface area contributed by atoms with Crippen LogP contribution in [0.5, 0.6) is 5.88 Å². The molecule has 0 amide bonds. The van der Waals surface area contributed by atoms with Crippen LogP contribution in [0.1, 0.15) is 36.3 Å². The molecule has 9 heteroatoms. The Bertz CT molecular complexity index is 922. The topological polar surface area (TPSA) is 57.7 Å². The number of fused-ring (bicyclic) bond motifs is 1. The van der Waals surface area contributed by atoms with Crippen molar-refractivity contribution in [1.29, 1.82) is 0 Å². The number of pyridine rings is 1. The Morgan fingerprint density at radius 2 is 2.03 bits per heavy atom. The van der Waals surface area contributed by atoms with Gasteiger partial charge in [0.25, 0.3) is 0 Å². The summed E-state index contributed by atoms with van der Waals surface area (Å²) in [6, 6.07) is 4.44. The van der Waals surface area contributed by atoms with Gasteiger partial charge in [0.1, 0.15) is 17.2 Å². The molecule has 0 N–H and O–H groups in total. The highest BCUT2D eigenvalue weighted by atomic mass is 19.3. The molecule has 0 saturated heterocycles. The van der Waals surface area contributed by atoms with Crippen molar-refractivity contribution in [2.24, 2.45) is 0 Å². The molecule has 5 nitrogen and oxygen atoms in total. The monoisotopic (exact) mass is 413 g/mol. The van der Waals surface area contributed by atoms with Crippen LogP contribution in [-0.2, 0) is 15.9 Å². The van der Waals surface area contributed by atoms with Gasteiger partial charge in [-0.1, -0.05) is 0 Å². The molecule has 2 aromatic rings. The maximum absolute atomic E-state index is 14.4. The highest BCUT2D eigenvalue weighted by Crippen LogP contribution is 2.39. The first-order chi connectivity index (χ1) is 13.7. The third-order valence-electron chi connectivity index (χ3n) is 4.55. The Kier molecular flexibility index (Phi) is 6.07. The van der Waals surface area contributed by atoms with E-state index in [0.717, 1.165) is 12.1 Å². The average molecular weight is 413 g/mol. The molecular formula is C20H19F4NO4. The molecule has 0 bridgehead atoms. The smallest absolute Gasteiger partial charge is 0.357 e. The number of hydrogen-bond acceptors (Lipinski definition) is 5. The molecule has 1 aliphatic rings. The quantitative estimate of drug-likeness (QED) is 0.515. The molecule has 3 rings (SSSR count). The standard InChI is InChI=1S/C20H19F4NO4/c1-3-27-18(26)16-9-14(12-5-4-11(21)8-15(12)22)13-6-7-20(2,10-28-19(23)24)29-17(13)25-16/h4-5,8-9,19H,3,6-7,10H2,1-2H3/t20-/m1/s1. The number of hydrogen-bond donors (Lipinski definition) is 0. The fourth-order valence-electron chi connectivity index (χ4n) is 3.15. The van der Waals surface area contributed by atoms with Crippen molar-refractivity contribution in [1.82, 2.24) is 4.98 Å². The number of aromatic nitrogens is 1. The molecule has 29 heavy (non-hydrogen) atoms. The molecule has 0 radical (unpaired) electrons. The van der Waals surface area contributed by atoms with Crippen LogP contribution in [0, 0.1) is 11.6 Å². The van der Waals surface area contributed by atoms with E-state index in [9.17, 15) is 22.4 Å². The van der Waals surface area contributed by atoms with Gasteiger partial charge in [-0.2, -0.15) is 8.78 Å². The van der Waals surface area contributed by atoms with Gasteiger partial charge in [-0.25, -0.2) is 18.6 Å². The molecule has 0 spiro atoms. The molecule has 0 fully saturated rings. The van der Waals surface area contributed by atoms with Gasteiger partial charge >= 0.3 is 12.6 Å². The molecule has 0 saturated carbocycles. The van der Waals surface area contributed by atoms with Crippen LogP contribution in [0.3, 0.4) is 0 Å². The minimum atomic E-state index is -2.96. The van der Waals surface area contributed by atoms with E-state index in [0.29, 0.717) is 24.0 Å². The van der Waals surface area contributed by atoms with Crippen molar-refractivity contribution in [3.8, 4) is 17.0 Å². The predicted molar refractivity (Wildman–Crippen MR) is 94.9 cm³/mol. The molecular weight excluding hydrogens is 394 g/mol. The third-order valence-corrected chi connectivity index (χ3v) is 4.55. The summed E-state index contributed by atoms with van der Waals surface area (Å²) in [4.78, 5) is 16.4. The first-order valence-corrected chi connectivity index (χ1v) is 8.97. The number of rotatable bonds is 6. The number of esters is 1. The van der Waals surface area contributed by atoms with Gasteiger partial charge in [-0.05, 0) is 50.5 Å². The number of nitrogens with zero attached hydrogens (tertiary/aromatic N) is 1. The van der Waals surface area contributed by atoms with E-state index < -0.39 is 36.4 Å². The maximum atomic E-state index is 14.4. The number of halogens is 4. The highest BCUT2D eigenvalue weighted by molar-refractivity contribution is 5.90. The van der Waals surface area contributed by atoms with Gasteiger partial charge < -0.3 is 14.2 Å². The van der Waals surface area contributed by atoms with E-state index >= 15 is 0 Å². The molecule has 1 aromatic carbocycles. The fraction of sp³-hybridized carbons (Fsp3) is 0.400. The second kappa shape index (κ2) is 8.36. The fourth-order valence-corrected chi connectivity index (χ4v) is 3.15. The van der Waals surface area contributed by atoms with Gasteiger partial charge in [0.15, 0.2) is 5.69 Å². The van der Waals surface area contributed by atoms with Crippen LogP contribution in [0.15, 0.2) is 24.3 Å². The molecule has 0 aliphatic carbocycles. The third kappa shape index (κ3) is 4.67. The number of carbonyl (C=O) groups is 1. The summed E-state index contributed by atoms with van der Waals surface area (Å²) in [6.07, 6.45) is 0.601. The van der Waals surface area contributed by atoms with Gasteiger partial charge in [-0.15, -0.1) is 0 Å². The van der Waals surface area contributed by atoms with E-state index in [-0.39, 0.29) is 23.7 Å². The molecule has 1 aliphatic heterocycles. The van der Waals surface area contributed by atoms with Crippen LogP contribution in [0.2, 0.25) is 0 Å². The van der Waals surface area contributed by atoms with Gasteiger partial charge in [0, 0.05) is 17.2 Å². The Morgan fingerprint density at radius 3 is 2.69 bits per heavy atom. The second-order valence-corrected chi connectivity index (χ2v) is 6.81. The maximum Gasteiger partial charge on any atom is 0.357 e. The SMILES string of the molecule is CCOC(=O)c1cc(-c2ccc(F)cc2F)c2c(n1)O[C@@](C)(COC(F)F)CC2. The predicted octanol–water partition coefficient (Wildman–Crippen LogP) is 4.53. The number of alkyl halides is 2. The lowest BCUT2D eigenvalue weighted by molar-refractivity contribution is -0.164. The Labute approximate surface area is 164 Å². The minimum absolute atomic E-state index is 0.000828. The van der Waals surface area contributed by atoms with Crippen LogP contribution < -0.4 is 4.74 Å². The van der Waals surface area contributed by atoms with Crippen LogP contribution >= 0.6 is 0 Å². The zero-order chi connectivity index (χ0) is 21.2. The van der Waals surface area contributed by atoms with Crippen molar-refractivity contribution >= 4 is 5.97 Å². The lowest BCUT2D eigenvalue weighted by Gasteiger charge is -2.35.